The molecule has 35 heavy (non-hydrogen) atoms. The average Bonchev–Trinajstić information content (AvgIpc) is 2.79. The molecule has 0 radical (unpaired) electrons. The molecule has 1 N–H and O–H groups in total. The Hall–Kier alpha value is -2.31. The van der Waals surface area contributed by atoms with Crippen molar-refractivity contribution >= 4 is 11.9 Å². The Bertz CT molecular complexity index is 906. The fraction of sp³-hybridized carbons (Fsp3) is 0.778. The van der Waals surface area contributed by atoms with Gasteiger partial charge in [0.2, 0.25) is 0 Å². The maximum absolute atomic E-state index is 13.2. The minimum atomic E-state index is -0.646. The van der Waals surface area contributed by atoms with Crippen LogP contribution in [0.25, 0.3) is 10.4 Å². The molecular formula is C27H41N3O5. The van der Waals surface area contributed by atoms with Gasteiger partial charge >= 0.3 is 11.9 Å². The Labute approximate surface area is 208 Å². The van der Waals surface area contributed by atoms with Crippen molar-refractivity contribution in [3.8, 4) is 0 Å². The van der Waals surface area contributed by atoms with Gasteiger partial charge in [-0.1, -0.05) is 44.1 Å². The van der Waals surface area contributed by atoms with E-state index >= 15 is 0 Å². The van der Waals surface area contributed by atoms with E-state index in [9.17, 15) is 14.7 Å². The van der Waals surface area contributed by atoms with E-state index in [0.29, 0.717) is 38.6 Å². The maximum Gasteiger partial charge on any atom is 0.311 e. The lowest BCUT2D eigenvalue weighted by atomic mass is 9.55. The second-order valence-corrected chi connectivity index (χ2v) is 11.4. The number of aliphatic hydroxyl groups excluding tert-OH is 1. The van der Waals surface area contributed by atoms with Crippen LogP contribution in [-0.2, 0) is 19.1 Å². The summed E-state index contributed by atoms with van der Waals surface area (Å²) in [6.07, 6.45) is 9.45. The third-order valence-corrected chi connectivity index (χ3v) is 8.59. The van der Waals surface area contributed by atoms with E-state index in [4.69, 9.17) is 15.0 Å². The minimum Gasteiger partial charge on any atom is -0.462 e. The zero-order valence-corrected chi connectivity index (χ0v) is 21.8. The number of carbonyl (C=O) groups is 2. The van der Waals surface area contributed by atoms with Gasteiger partial charge in [-0.2, -0.15) is 0 Å². The second kappa shape index (κ2) is 11.2. The summed E-state index contributed by atoms with van der Waals surface area (Å²) in [6, 6.07) is 0. The Morgan fingerprint density at radius 3 is 2.74 bits per heavy atom. The smallest absolute Gasteiger partial charge is 0.311 e. The van der Waals surface area contributed by atoms with Crippen molar-refractivity contribution in [1.29, 1.82) is 0 Å². The van der Waals surface area contributed by atoms with Crippen molar-refractivity contribution in [3.05, 3.63) is 34.2 Å². The van der Waals surface area contributed by atoms with Crippen LogP contribution < -0.4 is 0 Å². The Balaban J connectivity index is 1.89. The van der Waals surface area contributed by atoms with E-state index < -0.39 is 11.5 Å². The Morgan fingerprint density at radius 2 is 2.09 bits per heavy atom. The molecule has 3 rings (SSSR count). The highest BCUT2D eigenvalue weighted by atomic mass is 16.6. The molecule has 0 aromatic heterocycles. The Morgan fingerprint density at radius 1 is 1.34 bits per heavy atom. The zero-order valence-electron chi connectivity index (χ0n) is 21.8. The van der Waals surface area contributed by atoms with E-state index in [0.717, 1.165) is 12.0 Å². The van der Waals surface area contributed by atoms with Crippen LogP contribution >= 0.6 is 0 Å². The number of allylic oxidation sites excluding steroid dienone is 3. The van der Waals surface area contributed by atoms with E-state index in [2.05, 4.69) is 42.1 Å². The van der Waals surface area contributed by atoms with Gasteiger partial charge in [-0.3, -0.25) is 9.59 Å². The summed E-state index contributed by atoms with van der Waals surface area (Å²) < 4.78 is 11.8. The van der Waals surface area contributed by atoms with Crippen LogP contribution in [0, 0.1) is 28.6 Å². The van der Waals surface area contributed by atoms with Crippen LogP contribution in [0.1, 0.15) is 79.6 Å². The first-order valence-corrected chi connectivity index (χ1v) is 13.0. The third-order valence-electron chi connectivity index (χ3n) is 8.59. The van der Waals surface area contributed by atoms with Crippen molar-refractivity contribution in [2.45, 2.75) is 97.9 Å². The molecule has 0 bridgehead atoms. The second-order valence-electron chi connectivity index (χ2n) is 11.4. The molecule has 1 heterocycles. The molecule has 194 valence electrons. The molecule has 1 fully saturated rings. The fourth-order valence-corrected chi connectivity index (χ4v) is 5.87. The summed E-state index contributed by atoms with van der Waals surface area (Å²) in [5, 5.41) is 13.7. The lowest BCUT2D eigenvalue weighted by molar-refractivity contribution is -0.171. The number of hydrogen-bond acceptors (Lipinski definition) is 6. The lowest BCUT2D eigenvalue weighted by Crippen LogP contribution is -2.51. The number of rotatable bonds is 9. The number of azide groups is 1. The van der Waals surface area contributed by atoms with Gasteiger partial charge in [-0.25, -0.2) is 0 Å². The highest BCUT2D eigenvalue weighted by Crippen LogP contribution is 2.54. The summed E-state index contributed by atoms with van der Waals surface area (Å²) in [6.45, 7) is 10.6. The normalized spacial score (nSPS) is 34.8. The molecule has 1 aliphatic heterocycles. The standard InChI is InChI=1S/C27H41N3O5/c1-6-26(3,4)25(33)35-23-14-18(11-12-29-30-28)13-19-8-7-17(2)22(27(19,23)5)10-9-21-15-20(31)16-24(32)34-21/h7-8,13,17-18,20-23,31H,6,9-12,14-16H2,1-5H3/t17-,18+,20+,21+,22-,23-,27-/m0/s1. The van der Waals surface area contributed by atoms with E-state index in [1.54, 1.807) is 0 Å². The predicted octanol–water partition coefficient (Wildman–Crippen LogP) is 5.66. The number of carbonyl (C=O) groups excluding carboxylic acids is 2. The first-order valence-electron chi connectivity index (χ1n) is 13.0. The van der Waals surface area contributed by atoms with Crippen molar-refractivity contribution in [2.24, 2.45) is 33.7 Å². The Kier molecular flexibility index (Phi) is 8.71. The number of fused-ring (bicyclic) bond motifs is 1. The van der Waals surface area contributed by atoms with Crippen LogP contribution in [0.2, 0.25) is 0 Å². The molecule has 0 saturated carbocycles. The van der Waals surface area contributed by atoms with Gasteiger partial charge in [0.1, 0.15) is 12.2 Å². The van der Waals surface area contributed by atoms with Crippen LogP contribution in [0.4, 0.5) is 0 Å². The van der Waals surface area contributed by atoms with Crippen LogP contribution in [0.15, 0.2) is 28.9 Å². The quantitative estimate of drug-likeness (QED) is 0.195. The summed E-state index contributed by atoms with van der Waals surface area (Å²) in [5.41, 5.74) is 8.89. The summed E-state index contributed by atoms with van der Waals surface area (Å²) in [4.78, 5) is 27.9. The number of nitrogens with zero attached hydrogens (tertiary/aromatic N) is 3. The molecule has 7 atom stereocenters. The lowest BCUT2D eigenvalue weighted by Gasteiger charge is -2.52. The highest BCUT2D eigenvalue weighted by Gasteiger charge is 2.52. The molecular weight excluding hydrogens is 446 g/mol. The van der Waals surface area contributed by atoms with Crippen LogP contribution in [-0.4, -0.2) is 41.9 Å². The highest BCUT2D eigenvalue weighted by molar-refractivity contribution is 5.76. The number of cyclic esters (lactones) is 1. The number of hydrogen-bond donors (Lipinski definition) is 1. The van der Waals surface area contributed by atoms with Gasteiger partial charge in [0.05, 0.1) is 17.9 Å². The van der Waals surface area contributed by atoms with Crippen molar-refractivity contribution < 1.29 is 24.2 Å². The molecule has 0 aromatic carbocycles. The predicted molar refractivity (Wildman–Crippen MR) is 133 cm³/mol. The van der Waals surface area contributed by atoms with Gasteiger partial charge < -0.3 is 14.6 Å². The topological polar surface area (TPSA) is 122 Å². The fourth-order valence-electron chi connectivity index (χ4n) is 5.87. The third kappa shape index (κ3) is 6.10. The molecule has 1 saturated heterocycles. The van der Waals surface area contributed by atoms with E-state index in [-0.39, 0.29) is 53.7 Å². The van der Waals surface area contributed by atoms with Gasteiger partial charge in [0.25, 0.3) is 0 Å². The molecule has 8 nitrogen and oxygen atoms in total. The first kappa shape index (κ1) is 27.3. The van der Waals surface area contributed by atoms with Gasteiger partial charge in [0.15, 0.2) is 0 Å². The van der Waals surface area contributed by atoms with Crippen molar-refractivity contribution in [3.63, 3.8) is 0 Å². The molecule has 8 heteroatoms. The number of esters is 2. The molecule has 3 aliphatic rings. The number of aliphatic hydroxyl groups is 1. The first-order chi connectivity index (χ1) is 16.5. The zero-order chi connectivity index (χ0) is 25.8. The summed E-state index contributed by atoms with van der Waals surface area (Å²) >= 11 is 0. The minimum absolute atomic E-state index is 0.0617. The van der Waals surface area contributed by atoms with Gasteiger partial charge in [-0.05, 0) is 74.8 Å². The maximum atomic E-state index is 13.2. The summed E-state index contributed by atoms with van der Waals surface area (Å²) in [5.74, 6) is 0.0516. The monoisotopic (exact) mass is 487 g/mol. The largest absolute Gasteiger partial charge is 0.462 e. The van der Waals surface area contributed by atoms with Gasteiger partial charge in [0, 0.05) is 23.3 Å². The van der Waals surface area contributed by atoms with Crippen LogP contribution in [0.5, 0.6) is 0 Å². The van der Waals surface area contributed by atoms with Gasteiger partial charge in [-0.15, -0.1) is 0 Å². The molecule has 0 spiro atoms. The number of ether oxygens (including phenoxy) is 2. The van der Waals surface area contributed by atoms with E-state index in [1.807, 2.05) is 20.8 Å². The van der Waals surface area contributed by atoms with Crippen molar-refractivity contribution in [2.75, 3.05) is 6.54 Å². The molecule has 0 unspecified atom stereocenters. The molecule has 2 aliphatic carbocycles. The van der Waals surface area contributed by atoms with Crippen molar-refractivity contribution in [1.82, 2.24) is 0 Å². The summed E-state index contributed by atoms with van der Waals surface area (Å²) in [7, 11) is 0. The molecule has 0 amide bonds. The van der Waals surface area contributed by atoms with E-state index in [1.165, 1.54) is 0 Å². The van der Waals surface area contributed by atoms with Crippen LogP contribution in [0.3, 0.4) is 0 Å². The SMILES string of the molecule is CCC(C)(C)C(=O)O[C@H]1C[C@H](CCN=[N+]=[N-])C=C2C=C[C@H](C)[C@H](CC[C@@H]3C[C@@H](O)CC(=O)O3)[C@]21C. The average molecular weight is 488 g/mol. The molecule has 0 aromatic rings.